The first-order chi connectivity index (χ1) is 9.97. The van der Waals surface area contributed by atoms with Gasteiger partial charge < -0.3 is 15.2 Å². The van der Waals surface area contributed by atoms with Crippen molar-refractivity contribution in [1.82, 2.24) is 0 Å². The highest BCUT2D eigenvalue weighted by atomic mass is 19.1. The molecule has 1 saturated heterocycles. The Labute approximate surface area is 120 Å². The summed E-state index contributed by atoms with van der Waals surface area (Å²) in [5.74, 6) is -3.71. The van der Waals surface area contributed by atoms with E-state index in [1.54, 1.807) is 25.1 Å². The van der Waals surface area contributed by atoms with Crippen LogP contribution in [0.3, 0.4) is 0 Å². The number of fused-ring (bicyclic) bond motifs is 2. The number of hydrogen-bond donors (Lipinski definition) is 2. The number of hydrogen-bond acceptors (Lipinski definition) is 3. The van der Waals surface area contributed by atoms with Crippen molar-refractivity contribution in [2.24, 2.45) is 11.8 Å². The molecule has 0 unspecified atom stereocenters. The highest BCUT2D eigenvalue weighted by Gasteiger charge is 2.53. The van der Waals surface area contributed by atoms with Gasteiger partial charge in [0.05, 0.1) is 18.1 Å². The van der Waals surface area contributed by atoms with Crippen molar-refractivity contribution in [3.63, 3.8) is 0 Å². The van der Waals surface area contributed by atoms with Crippen LogP contribution < -0.4 is 5.32 Å². The Bertz CT molecular complexity index is 643. The maximum Gasteiger partial charge on any atom is 0.310 e. The van der Waals surface area contributed by atoms with Gasteiger partial charge in [-0.3, -0.25) is 9.59 Å². The van der Waals surface area contributed by atoms with Crippen LogP contribution in [0.4, 0.5) is 10.1 Å². The summed E-state index contributed by atoms with van der Waals surface area (Å²) in [6, 6.07) is 4.07. The third-order valence-corrected chi connectivity index (χ3v) is 3.94. The molecule has 0 radical (unpaired) electrons. The number of aryl methyl sites for hydroxylation is 1. The highest BCUT2D eigenvalue weighted by Crippen LogP contribution is 2.40. The largest absolute Gasteiger partial charge is 0.481 e. The third kappa shape index (κ3) is 2.31. The Morgan fingerprint density at radius 3 is 2.57 bits per heavy atom. The molecule has 0 saturated carbocycles. The summed E-state index contributed by atoms with van der Waals surface area (Å²) in [5.41, 5.74) is 1.05. The Kier molecular flexibility index (Phi) is 3.25. The molecule has 1 aromatic carbocycles. The Morgan fingerprint density at radius 2 is 1.90 bits per heavy atom. The summed E-state index contributed by atoms with van der Waals surface area (Å²) in [6.45, 7) is 1.74. The predicted molar refractivity (Wildman–Crippen MR) is 72.2 cm³/mol. The predicted octanol–water partition coefficient (Wildman–Crippen LogP) is 1.73. The monoisotopic (exact) mass is 291 g/mol. The standard InChI is InChI=1S/C15H14FNO4/c1-7-2-3-8(16)6-9(7)17-14(18)12-10-4-5-11(21-10)13(12)15(19)20/h2-6,10-13H,1H3,(H,17,18)(H,19,20)/t10-,11-,12+,13-/m0/s1. The number of rotatable bonds is 3. The van der Waals surface area contributed by atoms with Crippen molar-refractivity contribution >= 4 is 17.6 Å². The number of carbonyl (C=O) groups is 2. The maximum atomic E-state index is 13.2. The van der Waals surface area contributed by atoms with Crippen LogP contribution in [0.5, 0.6) is 0 Å². The molecule has 110 valence electrons. The smallest absolute Gasteiger partial charge is 0.310 e. The molecule has 3 rings (SSSR count). The number of carboxylic acid groups (broad SMARTS) is 1. The molecule has 2 N–H and O–H groups in total. The van der Waals surface area contributed by atoms with E-state index >= 15 is 0 Å². The highest BCUT2D eigenvalue weighted by molar-refractivity contribution is 5.97. The molecule has 2 aliphatic rings. The van der Waals surface area contributed by atoms with Crippen LogP contribution >= 0.6 is 0 Å². The van der Waals surface area contributed by atoms with Gasteiger partial charge in [0.15, 0.2) is 0 Å². The molecule has 21 heavy (non-hydrogen) atoms. The summed E-state index contributed by atoms with van der Waals surface area (Å²) in [7, 11) is 0. The molecule has 4 atom stereocenters. The molecular formula is C15H14FNO4. The number of amides is 1. The minimum atomic E-state index is -1.07. The van der Waals surface area contributed by atoms with Crippen LogP contribution in [0.1, 0.15) is 5.56 Å². The van der Waals surface area contributed by atoms with E-state index in [1.807, 2.05) is 0 Å². The van der Waals surface area contributed by atoms with Crippen molar-refractivity contribution < 1.29 is 23.8 Å². The number of anilines is 1. The number of carboxylic acids is 1. The van der Waals surface area contributed by atoms with Crippen molar-refractivity contribution in [3.05, 3.63) is 41.7 Å². The fourth-order valence-corrected chi connectivity index (χ4v) is 2.86. The number of ether oxygens (including phenoxy) is 1. The van der Waals surface area contributed by atoms with E-state index in [2.05, 4.69) is 5.32 Å². The lowest BCUT2D eigenvalue weighted by molar-refractivity contribution is -0.145. The molecule has 0 spiro atoms. The van der Waals surface area contributed by atoms with Crippen LogP contribution in [-0.4, -0.2) is 29.2 Å². The number of nitrogens with one attached hydrogen (secondary N) is 1. The van der Waals surface area contributed by atoms with Crippen molar-refractivity contribution in [2.75, 3.05) is 5.32 Å². The normalized spacial score (nSPS) is 29.6. The average Bonchev–Trinajstić information content (AvgIpc) is 3.03. The quantitative estimate of drug-likeness (QED) is 0.832. The van der Waals surface area contributed by atoms with E-state index in [4.69, 9.17) is 4.74 Å². The maximum absolute atomic E-state index is 13.2. The number of benzene rings is 1. The van der Waals surface area contributed by atoms with Gasteiger partial charge in [0.2, 0.25) is 5.91 Å². The van der Waals surface area contributed by atoms with E-state index < -0.39 is 41.7 Å². The molecular weight excluding hydrogens is 277 g/mol. The zero-order valence-corrected chi connectivity index (χ0v) is 11.2. The minimum Gasteiger partial charge on any atom is -0.481 e. The molecule has 6 heteroatoms. The van der Waals surface area contributed by atoms with Crippen LogP contribution in [0.25, 0.3) is 0 Å². The van der Waals surface area contributed by atoms with Gasteiger partial charge in [-0.15, -0.1) is 0 Å². The van der Waals surface area contributed by atoms with Gasteiger partial charge in [-0.1, -0.05) is 18.2 Å². The van der Waals surface area contributed by atoms with Crippen LogP contribution in [-0.2, 0) is 14.3 Å². The Balaban J connectivity index is 1.83. The third-order valence-electron chi connectivity index (χ3n) is 3.94. The lowest BCUT2D eigenvalue weighted by Gasteiger charge is -2.21. The molecule has 2 bridgehead atoms. The molecule has 2 heterocycles. The number of carbonyl (C=O) groups excluding carboxylic acids is 1. The van der Waals surface area contributed by atoms with Gasteiger partial charge in [0, 0.05) is 5.69 Å². The second kappa shape index (κ2) is 4.96. The fraction of sp³-hybridized carbons (Fsp3) is 0.333. The van der Waals surface area contributed by atoms with E-state index in [-0.39, 0.29) is 0 Å². The van der Waals surface area contributed by atoms with Gasteiger partial charge >= 0.3 is 5.97 Å². The molecule has 2 aliphatic heterocycles. The van der Waals surface area contributed by atoms with E-state index in [9.17, 15) is 19.1 Å². The molecule has 1 amide bonds. The summed E-state index contributed by atoms with van der Waals surface area (Å²) in [4.78, 5) is 23.7. The van der Waals surface area contributed by atoms with E-state index in [1.165, 1.54) is 12.1 Å². The number of aliphatic carboxylic acids is 1. The van der Waals surface area contributed by atoms with Crippen molar-refractivity contribution in [1.29, 1.82) is 0 Å². The van der Waals surface area contributed by atoms with Crippen LogP contribution in [0, 0.1) is 24.6 Å². The number of halogens is 1. The minimum absolute atomic E-state index is 0.343. The molecule has 5 nitrogen and oxygen atoms in total. The Hall–Kier alpha value is -2.21. The first kappa shape index (κ1) is 13.8. The van der Waals surface area contributed by atoms with E-state index in [0.717, 1.165) is 0 Å². The zero-order valence-electron chi connectivity index (χ0n) is 11.2. The Morgan fingerprint density at radius 1 is 1.24 bits per heavy atom. The first-order valence-electron chi connectivity index (χ1n) is 6.61. The first-order valence-corrected chi connectivity index (χ1v) is 6.61. The molecule has 1 fully saturated rings. The summed E-state index contributed by atoms with van der Waals surface area (Å²) < 4.78 is 18.7. The van der Waals surface area contributed by atoms with Crippen molar-refractivity contribution in [2.45, 2.75) is 19.1 Å². The molecule has 1 aromatic rings. The van der Waals surface area contributed by atoms with E-state index in [0.29, 0.717) is 11.3 Å². The van der Waals surface area contributed by atoms with Gasteiger partial charge in [-0.2, -0.15) is 0 Å². The summed E-state index contributed by atoms with van der Waals surface area (Å²) in [6.07, 6.45) is 2.26. The fourth-order valence-electron chi connectivity index (χ4n) is 2.86. The second-order valence-corrected chi connectivity index (χ2v) is 5.29. The SMILES string of the molecule is Cc1ccc(F)cc1NC(=O)[C@H]1[C@@H](C(=O)O)[C@@H]2C=C[C@@H]1O2. The van der Waals surface area contributed by atoms with Gasteiger partial charge in [-0.05, 0) is 24.6 Å². The van der Waals surface area contributed by atoms with Gasteiger partial charge in [0.1, 0.15) is 11.7 Å². The zero-order chi connectivity index (χ0) is 15.1. The average molecular weight is 291 g/mol. The van der Waals surface area contributed by atoms with Gasteiger partial charge in [0.25, 0.3) is 0 Å². The molecule has 0 aliphatic carbocycles. The van der Waals surface area contributed by atoms with Crippen LogP contribution in [0.15, 0.2) is 30.4 Å². The van der Waals surface area contributed by atoms with Crippen LogP contribution in [0.2, 0.25) is 0 Å². The summed E-state index contributed by atoms with van der Waals surface area (Å²) >= 11 is 0. The topological polar surface area (TPSA) is 75.6 Å². The molecule has 0 aromatic heterocycles. The lowest BCUT2D eigenvalue weighted by Crippen LogP contribution is -2.39. The van der Waals surface area contributed by atoms with Crippen molar-refractivity contribution in [3.8, 4) is 0 Å². The summed E-state index contributed by atoms with van der Waals surface area (Å²) in [5, 5.41) is 11.9. The van der Waals surface area contributed by atoms with Gasteiger partial charge in [-0.25, -0.2) is 4.39 Å². The lowest BCUT2D eigenvalue weighted by atomic mass is 9.82. The second-order valence-electron chi connectivity index (χ2n) is 5.29.